The predicted molar refractivity (Wildman–Crippen MR) is 126 cm³/mol. The van der Waals surface area contributed by atoms with Crippen molar-refractivity contribution in [1.29, 1.82) is 0 Å². The summed E-state index contributed by atoms with van der Waals surface area (Å²) in [5.74, 6) is -1.65. The van der Waals surface area contributed by atoms with Crippen LogP contribution < -0.4 is 0 Å². The van der Waals surface area contributed by atoms with Crippen molar-refractivity contribution >= 4 is 17.5 Å². The van der Waals surface area contributed by atoms with Gasteiger partial charge >= 0.3 is 5.97 Å². The van der Waals surface area contributed by atoms with Crippen molar-refractivity contribution in [2.24, 2.45) is 16.7 Å². The third-order valence-electron chi connectivity index (χ3n) is 8.20. The Morgan fingerprint density at radius 3 is 2.63 bits per heavy atom. The van der Waals surface area contributed by atoms with Crippen LogP contribution in [0.5, 0.6) is 0 Å². The van der Waals surface area contributed by atoms with E-state index >= 15 is 0 Å². The topological polar surface area (TPSA) is 119 Å². The highest BCUT2D eigenvalue weighted by Gasteiger charge is 2.63. The number of allylic oxidation sites excluding steroid dienone is 2. The molecule has 4 unspecified atom stereocenters. The number of aliphatic hydroxyl groups excluding tert-OH is 2. The number of hydrogen-bond donors (Lipinski definition) is 2. The van der Waals surface area contributed by atoms with Gasteiger partial charge in [-0.15, -0.1) is 0 Å². The van der Waals surface area contributed by atoms with Crippen LogP contribution in [0.4, 0.5) is 0 Å². The molecule has 1 saturated heterocycles. The maximum Gasteiger partial charge on any atom is 0.303 e. The second kappa shape index (κ2) is 8.75. The molecular formula is C27H34O8. The minimum Gasteiger partial charge on any atom is -0.504 e. The van der Waals surface area contributed by atoms with Crippen LogP contribution in [0.3, 0.4) is 0 Å². The maximum atomic E-state index is 13.8. The second-order valence-electron chi connectivity index (χ2n) is 10.5. The predicted octanol–water partition coefficient (Wildman–Crippen LogP) is 3.26. The molecular weight excluding hydrogens is 452 g/mol. The van der Waals surface area contributed by atoms with Gasteiger partial charge in [0, 0.05) is 54.9 Å². The van der Waals surface area contributed by atoms with Crippen molar-refractivity contribution < 1.29 is 38.8 Å². The number of carbonyl (C=O) groups is 3. The number of hydrogen-bond acceptors (Lipinski definition) is 8. The average molecular weight is 487 g/mol. The Morgan fingerprint density at radius 1 is 1.34 bits per heavy atom. The number of carbonyl (C=O) groups excluding carboxylic acids is 3. The van der Waals surface area contributed by atoms with Crippen molar-refractivity contribution in [2.45, 2.75) is 71.7 Å². The van der Waals surface area contributed by atoms with Gasteiger partial charge in [-0.2, -0.15) is 0 Å². The molecule has 0 bridgehead atoms. The van der Waals surface area contributed by atoms with Gasteiger partial charge < -0.3 is 24.4 Å². The molecule has 0 aromatic rings. The summed E-state index contributed by atoms with van der Waals surface area (Å²) in [6.45, 7) is 10.7. The summed E-state index contributed by atoms with van der Waals surface area (Å²) in [5, 5.41) is 21.3. The Hall–Kier alpha value is -2.71. The molecule has 8 nitrogen and oxygen atoms in total. The van der Waals surface area contributed by atoms with Gasteiger partial charge in [-0.25, -0.2) is 0 Å². The Bertz CT molecular complexity index is 1090. The third-order valence-corrected chi connectivity index (χ3v) is 8.20. The summed E-state index contributed by atoms with van der Waals surface area (Å²) >= 11 is 0. The zero-order chi connectivity index (χ0) is 25.9. The normalized spacial score (nSPS) is 36.6. The highest BCUT2D eigenvalue weighted by Crippen LogP contribution is 2.63. The molecule has 4 aliphatic rings. The number of aliphatic hydroxyl groups is 2. The first-order chi connectivity index (χ1) is 16.4. The molecule has 4 rings (SSSR count). The van der Waals surface area contributed by atoms with E-state index in [2.05, 4.69) is 6.58 Å². The van der Waals surface area contributed by atoms with Crippen LogP contribution in [0.2, 0.25) is 0 Å². The van der Waals surface area contributed by atoms with Gasteiger partial charge in [0.25, 0.3) is 0 Å². The lowest BCUT2D eigenvalue weighted by atomic mass is 9.53. The fraction of sp³-hybridized carbons (Fsp3) is 0.593. The Labute approximate surface area is 205 Å². The third kappa shape index (κ3) is 3.69. The number of ether oxygens (including phenoxy) is 3. The van der Waals surface area contributed by atoms with Crippen molar-refractivity contribution in [3.05, 3.63) is 46.5 Å². The lowest BCUT2D eigenvalue weighted by molar-refractivity contribution is -0.150. The number of ketones is 2. The fourth-order valence-corrected chi connectivity index (χ4v) is 6.55. The second-order valence-corrected chi connectivity index (χ2v) is 10.5. The van der Waals surface area contributed by atoms with Crippen LogP contribution in [0.25, 0.3) is 0 Å². The summed E-state index contributed by atoms with van der Waals surface area (Å²) in [7, 11) is 1.53. The van der Waals surface area contributed by atoms with E-state index in [4.69, 9.17) is 14.2 Å². The molecule has 1 aliphatic heterocycles. The highest BCUT2D eigenvalue weighted by molar-refractivity contribution is 6.12. The zero-order valence-electron chi connectivity index (χ0n) is 21.0. The van der Waals surface area contributed by atoms with Gasteiger partial charge in [-0.3, -0.25) is 14.4 Å². The van der Waals surface area contributed by atoms with E-state index < -0.39 is 52.6 Å². The summed E-state index contributed by atoms with van der Waals surface area (Å²) in [4.78, 5) is 39.0. The van der Waals surface area contributed by atoms with Gasteiger partial charge in [-0.05, 0) is 32.3 Å². The van der Waals surface area contributed by atoms with Crippen molar-refractivity contribution in [2.75, 3.05) is 13.7 Å². The molecule has 0 radical (unpaired) electrons. The van der Waals surface area contributed by atoms with E-state index in [0.717, 1.165) is 0 Å². The zero-order valence-corrected chi connectivity index (χ0v) is 21.0. The van der Waals surface area contributed by atoms with Gasteiger partial charge in [0.05, 0.1) is 18.1 Å². The van der Waals surface area contributed by atoms with E-state index in [1.165, 1.54) is 14.0 Å². The van der Waals surface area contributed by atoms with Crippen LogP contribution in [0.15, 0.2) is 46.5 Å². The fourth-order valence-electron chi connectivity index (χ4n) is 6.55. The number of rotatable bonds is 5. The SMILES string of the molecule is C=C1OC(COC)[C@@]2(C)C(=C(O)C(=O)C3=C2C(OC(C)=O)C[C@]2(C)C(=O)CCC32)/C1=C\CC(C)O. The van der Waals surface area contributed by atoms with Gasteiger partial charge in [-0.1, -0.05) is 19.6 Å². The smallest absolute Gasteiger partial charge is 0.303 e. The lowest BCUT2D eigenvalue weighted by Crippen LogP contribution is -2.55. The van der Waals surface area contributed by atoms with Gasteiger partial charge in [0.15, 0.2) is 5.76 Å². The largest absolute Gasteiger partial charge is 0.504 e. The van der Waals surface area contributed by atoms with E-state index in [9.17, 15) is 24.6 Å². The minimum atomic E-state index is -1.11. The summed E-state index contributed by atoms with van der Waals surface area (Å²) in [6.07, 6.45) is 0.809. The lowest BCUT2D eigenvalue weighted by Gasteiger charge is -2.54. The van der Waals surface area contributed by atoms with Gasteiger partial charge in [0.1, 0.15) is 23.8 Å². The van der Waals surface area contributed by atoms with Crippen LogP contribution in [0, 0.1) is 16.7 Å². The van der Waals surface area contributed by atoms with E-state index in [1.54, 1.807) is 13.0 Å². The molecule has 1 saturated carbocycles. The maximum absolute atomic E-state index is 13.8. The first kappa shape index (κ1) is 25.4. The standard InChI is InChI=1S/C27H34O8/c1-13(28)7-8-16-14(2)34-20(12-33-6)27(5)22(16)25(32)24(31)21-17-9-10-19(30)26(17,4)11-18(23(21)27)35-15(3)29/h8,13,17-18,20,28,32H,2,7,9-12H2,1,3-6H3/b16-8-/t13?,17?,18?,20?,26-,27-/m0/s1. The van der Waals surface area contributed by atoms with Crippen molar-refractivity contribution in [3.63, 3.8) is 0 Å². The molecule has 3 aliphatic carbocycles. The average Bonchev–Trinajstić information content (AvgIpc) is 3.06. The Morgan fingerprint density at radius 2 is 2.03 bits per heavy atom. The molecule has 0 aromatic carbocycles. The molecule has 0 aromatic heterocycles. The number of fused-ring (bicyclic) bond motifs is 4. The summed E-state index contributed by atoms with van der Waals surface area (Å²) in [5.41, 5.74) is -0.334. The molecule has 0 spiro atoms. The minimum absolute atomic E-state index is 0.0256. The Kier molecular flexibility index (Phi) is 6.34. The Balaban J connectivity index is 2.02. The van der Waals surface area contributed by atoms with Crippen molar-refractivity contribution in [3.8, 4) is 0 Å². The van der Waals surface area contributed by atoms with Gasteiger partial charge in [0.2, 0.25) is 5.78 Å². The van der Waals surface area contributed by atoms with E-state index in [1.807, 2.05) is 13.8 Å². The molecule has 0 amide bonds. The number of methoxy groups -OCH3 is 1. The molecule has 35 heavy (non-hydrogen) atoms. The monoisotopic (exact) mass is 486 g/mol. The molecule has 2 N–H and O–H groups in total. The van der Waals surface area contributed by atoms with Crippen LogP contribution in [-0.4, -0.2) is 59.8 Å². The van der Waals surface area contributed by atoms with Crippen LogP contribution >= 0.6 is 0 Å². The highest BCUT2D eigenvalue weighted by atomic mass is 16.5. The molecule has 190 valence electrons. The van der Waals surface area contributed by atoms with Crippen LogP contribution in [0.1, 0.15) is 53.4 Å². The van der Waals surface area contributed by atoms with Crippen LogP contribution in [-0.2, 0) is 28.6 Å². The molecule has 6 atom stereocenters. The molecule has 1 heterocycles. The number of Topliss-reactive ketones (excluding diaryl/α,β-unsaturated/α-hetero) is 2. The van der Waals surface area contributed by atoms with E-state index in [0.29, 0.717) is 35.1 Å². The quantitative estimate of drug-likeness (QED) is 0.569. The number of esters is 1. The van der Waals surface area contributed by atoms with Crippen molar-refractivity contribution in [1.82, 2.24) is 0 Å². The molecule has 2 fully saturated rings. The first-order valence-corrected chi connectivity index (χ1v) is 12.0. The first-order valence-electron chi connectivity index (χ1n) is 12.0. The summed E-state index contributed by atoms with van der Waals surface area (Å²) < 4.78 is 17.5. The molecule has 8 heteroatoms. The summed E-state index contributed by atoms with van der Waals surface area (Å²) in [6, 6.07) is 0. The van der Waals surface area contributed by atoms with E-state index in [-0.39, 0.29) is 31.0 Å².